The van der Waals surface area contributed by atoms with E-state index in [0.717, 1.165) is 99.5 Å². The minimum Gasteiger partial charge on any atom is -0.456 e. The van der Waals surface area contributed by atoms with Gasteiger partial charge in [-0.25, -0.2) is 9.98 Å². The summed E-state index contributed by atoms with van der Waals surface area (Å²) >= 11 is 0. The van der Waals surface area contributed by atoms with Gasteiger partial charge < -0.3 is 13.4 Å². The second-order valence-electron chi connectivity index (χ2n) is 16.5. The van der Waals surface area contributed by atoms with Gasteiger partial charge in [0.25, 0.3) is 0 Å². The molecule has 12 aromatic rings. The Morgan fingerprint density at radius 3 is 1.98 bits per heavy atom. The minimum absolute atomic E-state index is 0.00707. The van der Waals surface area contributed by atoms with Crippen molar-refractivity contribution in [2.24, 2.45) is 15.9 Å². The van der Waals surface area contributed by atoms with E-state index in [0.29, 0.717) is 12.3 Å². The highest BCUT2D eigenvalue weighted by Gasteiger charge is 2.27. The smallest absolute Gasteiger partial charge is 0.160 e. The molecule has 13 rings (SSSR count). The Kier molecular flexibility index (Phi) is 7.58. The number of furan rings is 2. The second-order valence-corrected chi connectivity index (χ2v) is 16.5. The lowest BCUT2D eigenvalue weighted by molar-refractivity contribution is 0.666. The highest BCUT2D eigenvalue weighted by molar-refractivity contribution is 6.24. The van der Waals surface area contributed by atoms with Crippen LogP contribution >= 0.6 is 0 Å². The van der Waals surface area contributed by atoms with E-state index in [2.05, 4.69) is 181 Å². The van der Waals surface area contributed by atoms with Gasteiger partial charge in [-0.15, -0.1) is 0 Å². The number of aromatic nitrogens is 1. The zero-order valence-corrected chi connectivity index (χ0v) is 33.8. The van der Waals surface area contributed by atoms with E-state index >= 15 is 0 Å². The molecule has 0 fully saturated rings. The molecular formula is C57H37N3O2. The van der Waals surface area contributed by atoms with Crippen LogP contribution in [-0.2, 0) is 0 Å². The molecule has 3 aromatic heterocycles. The van der Waals surface area contributed by atoms with Crippen molar-refractivity contribution in [3.63, 3.8) is 0 Å². The maximum atomic E-state index is 6.65. The van der Waals surface area contributed by atoms with Gasteiger partial charge in [0.05, 0.1) is 28.1 Å². The molecule has 0 spiro atoms. The summed E-state index contributed by atoms with van der Waals surface area (Å²) in [5.41, 5.74) is 11.4. The third-order valence-corrected chi connectivity index (χ3v) is 12.9. The summed E-state index contributed by atoms with van der Waals surface area (Å²) in [6.45, 7) is 2.27. The lowest BCUT2D eigenvalue weighted by Gasteiger charge is -2.21. The van der Waals surface area contributed by atoms with Crippen LogP contribution in [-0.4, -0.2) is 16.1 Å². The first-order valence-corrected chi connectivity index (χ1v) is 21.3. The molecule has 0 saturated carbocycles. The molecule has 5 nitrogen and oxygen atoms in total. The van der Waals surface area contributed by atoms with Gasteiger partial charge in [-0.3, -0.25) is 0 Å². The normalized spacial score (nSPS) is 15.8. The Morgan fingerprint density at radius 2 is 1.13 bits per heavy atom. The Balaban J connectivity index is 1.14. The lowest BCUT2D eigenvalue weighted by Crippen LogP contribution is -2.17. The third-order valence-electron chi connectivity index (χ3n) is 12.9. The van der Waals surface area contributed by atoms with E-state index in [9.17, 15) is 0 Å². The van der Waals surface area contributed by atoms with Crippen LogP contribution in [0.5, 0.6) is 0 Å². The molecule has 9 aromatic carbocycles. The highest BCUT2D eigenvalue weighted by Crippen LogP contribution is 2.44. The predicted octanol–water partition coefficient (Wildman–Crippen LogP) is 15.2. The fourth-order valence-corrected chi connectivity index (χ4v) is 9.95. The van der Waals surface area contributed by atoms with E-state index in [1.165, 1.54) is 21.5 Å². The number of benzene rings is 9. The van der Waals surface area contributed by atoms with E-state index in [4.69, 9.17) is 18.8 Å². The molecule has 4 heterocycles. The number of amidine groups is 1. The van der Waals surface area contributed by atoms with Gasteiger partial charge in [0.2, 0.25) is 0 Å². The van der Waals surface area contributed by atoms with Crippen LogP contribution < -0.4 is 0 Å². The summed E-state index contributed by atoms with van der Waals surface area (Å²) < 4.78 is 15.7. The van der Waals surface area contributed by atoms with Crippen molar-refractivity contribution >= 4 is 104 Å². The largest absolute Gasteiger partial charge is 0.456 e. The topological polar surface area (TPSA) is 55.9 Å². The number of para-hydroxylation sites is 4. The SMILES string of the molecule is CC1C/C=C(\c2c(-n3c4ccccc4c4cc5ccccc5cc43)ccc3oc4ccccc4c23)N=C(c2cccc3ccccc23)N=C1c1cccc2c1oc1ccccc12. The molecule has 62 heavy (non-hydrogen) atoms. The number of hydrogen-bond acceptors (Lipinski definition) is 4. The molecule has 1 atom stereocenters. The average Bonchev–Trinajstić information content (AvgIpc) is 3.99. The summed E-state index contributed by atoms with van der Waals surface area (Å²) in [6.07, 6.45) is 3.02. The van der Waals surface area contributed by atoms with Crippen molar-refractivity contribution in [3.8, 4) is 5.69 Å². The summed E-state index contributed by atoms with van der Waals surface area (Å²) in [5.74, 6) is 0.652. The zero-order valence-electron chi connectivity index (χ0n) is 33.8. The Hall–Kier alpha value is -8.02. The van der Waals surface area contributed by atoms with Gasteiger partial charge in [-0.2, -0.15) is 0 Å². The number of rotatable bonds is 4. The summed E-state index contributed by atoms with van der Waals surface area (Å²) in [5, 5.41) is 11.3. The Bertz CT molecular complexity index is 3920. The van der Waals surface area contributed by atoms with Crippen LogP contribution in [0.15, 0.2) is 207 Å². The van der Waals surface area contributed by atoms with Gasteiger partial charge in [0, 0.05) is 54.9 Å². The molecular weight excluding hydrogens is 759 g/mol. The fourth-order valence-electron chi connectivity index (χ4n) is 9.95. The molecule has 292 valence electrons. The summed E-state index contributed by atoms with van der Waals surface area (Å²) in [7, 11) is 0. The Morgan fingerprint density at radius 1 is 0.484 bits per heavy atom. The Labute approximate surface area is 356 Å². The van der Waals surface area contributed by atoms with E-state index in [1.54, 1.807) is 0 Å². The zero-order chi connectivity index (χ0) is 40.9. The van der Waals surface area contributed by atoms with Gasteiger partial charge in [0.15, 0.2) is 5.84 Å². The predicted molar refractivity (Wildman–Crippen MR) is 258 cm³/mol. The highest BCUT2D eigenvalue weighted by atomic mass is 16.3. The van der Waals surface area contributed by atoms with Gasteiger partial charge in [-0.1, -0.05) is 146 Å². The monoisotopic (exact) mass is 795 g/mol. The third kappa shape index (κ3) is 5.21. The van der Waals surface area contributed by atoms with Crippen molar-refractivity contribution < 1.29 is 8.83 Å². The maximum Gasteiger partial charge on any atom is 0.160 e. The number of allylic oxidation sites excluding steroid dienone is 1. The maximum absolute atomic E-state index is 6.65. The van der Waals surface area contributed by atoms with Crippen molar-refractivity contribution in [2.75, 3.05) is 0 Å². The average molecular weight is 796 g/mol. The van der Waals surface area contributed by atoms with Crippen LogP contribution in [0.4, 0.5) is 0 Å². The first-order chi connectivity index (χ1) is 30.7. The first kappa shape index (κ1) is 34.8. The molecule has 0 saturated heterocycles. The summed E-state index contributed by atoms with van der Waals surface area (Å²) in [6, 6.07) is 64.3. The van der Waals surface area contributed by atoms with Gasteiger partial charge in [0.1, 0.15) is 22.3 Å². The van der Waals surface area contributed by atoms with Crippen LogP contribution in [0.3, 0.4) is 0 Å². The van der Waals surface area contributed by atoms with Gasteiger partial charge >= 0.3 is 0 Å². The molecule has 1 aliphatic heterocycles. The number of nitrogens with zero attached hydrogens (tertiary/aromatic N) is 3. The standard InChI is InChI=1S/C57H37N3O2/c1-34-28-29-46(58-57(42-23-12-17-35-14-4-5-18-38(35)42)59-55(34)44-24-13-22-41-40-20-7-10-26-50(40)62-56(41)44)54-48(30-31-52-53(54)43-21-8-11-27-51(43)61-52)60-47-25-9-6-19-39(47)45-32-36-15-2-3-16-37(36)33-49(45)60/h2-27,29-34H,28H2,1H3/b46-29+,58-57?,59-55?. The van der Waals surface area contributed by atoms with E-state index in [1.807, 2.05) is 18.2 Å². The van der Waals surface area contributed by atoms with Crippen molar-refractivity contribution in [3.05, 3.63) is 205 Å². The van der Waals surface area contributed by atoms with Crippen molar-refractivity contribution in [1.82, 2.24) is 4.57 Å². The van der Waals surface area contributed by atoms with Crippen LogP contribution in [0, 0.1) is 5.92 Å². The van der Waals surface area contributed by atoms with Crippen LogP contribution in [0.1, 0.15) is 30.0 Å². The quantitative estimate of drug-likeness (QED) is 0.178. The molecule has 0 amide bonds. The van der Waals surface area contributed by atoms with Crippen molar-refractivity contribution in [2.45, 2.75) is 13.3 Å². The second kappa shape index (κ2) is 13.5. The van der Waals surface area contributed by atoms with Gasteiger partial charge in [-0.05, 0) is 76.5 Å². The number of aliphatic imine (C=N–C) groups is 2. The van der Waals surface area contributed by atoms with Crippen molar-refractivity contribution in [1.29, 1.82) is 0 Å². The minimum atomic E-state index is 0.00707. The molecule has 5 heteroatoms. The van der Waals surface area contributed by atoms with Crippen LogP contribution in [0.2, 0.25) is 0 Å². The summed E-state index contributed by atoms with van der Waals surface area (Å²) in [4.78, 5) is 11.5. The van der Waals surface area contributed by atoms with E-state index < -0.39 is 0 Å². The molecule has 1 aliphatic rings. The number of fused-ring (bicyclic) bond motifs is 11. The van der Waals surface area contributed by atoms with E-state index in [-0.39, 0.29) is 5.92 Å². The molecule has 0 radical (unpaired) electrons. The van der Waals surface area contributed by atoms with Crippen LogP contribution in [0.25, 0.3) is 98.6 Å². The molecule has 1 unspecified atom stereocenters. The first-order valence-electron chi connectivity index (χ1n) is 21.3. The lowest BCUT2D eigenvalue weighted by atomic mass is 9.91. The molecule has 0 bridgehead atoms. The fraction of sp³-hybridized carbons (Fsp3) is 0.0526. The molecule has 0 aliphatic carbocycles. The molecule has 0 N–H and O–H groups in total. The number of hydrogen-bond donors (Lipinski definition) is 0.